The molecule has 4 N–H and O–H groups in total. The normalized spacial score (nSPS) is 14.0. The van der Waals surface area contributed by atoms with Crippen LogP contribution in [0, 0.1) is 0 Å². The van der Waals surface area contributed by atoms with Crippen LogP contribution < -0.4 is 20.5 Å². The Kier molecular flexibility index (Phi) is 13.2. The van der Waals surface area contributed by atoms with Crippen molar-refractivity contribution in [3.63, 3.8) is 0 Å². The number of carboxylic acids is 1. The molecule has 0 unspecified atom stereocenters. The molecule has 0 spiro atoms. The maximum Gasteiger partial charge on any atom is 0.433 e. The summed E-state index contributed by atoms with van der Waals surface area (Å²) in [6, 6.07) is 8.09. The summed E-state index contributed by atoms with van der Waals surface area (Å²) >= 11 is 0. The summed E-state index contributed by atoms with van der Waals surface area (Å²) in [5.41, 5.74) is 2.58. The SMILES string of the molecule is COc1ccc(-c2nc(C(=O)N3CCOC3=O)c([C@H](C)N)o2)c2ccc(C(F)(F)F)nc12.COc1ccc(-c2nc(C(=O)O)c([C@H](C)NC(=O)OC(C)(C)C)o2)c2ccc(C(F)(F)F)nc12. The zero-order chi connectivity index (χ0) is 48.6. The molecule has 0 aliphatic carbocycles. The topological polar surface area (TPSA) is 245 Å². The maximum atomic E-state index is 13.2. The summed E-state index contributed by atoms with van der Waals surface area (Å²) in [6.07, 6.45) is -10.9. The summed E-state index contributed by atoms with van der Waals surface area (Å²) in [6.45, 7) is 8.14. The second-order valence-corrected chi connectivity index (χ2v) is 15.3. The quantitative estimate of drug-likeness (QED) is 0.115. The van der Waals surface area contributed by atoms with E-state index in [2.05, 4.69) is 25.3 Å². The summed E-state index contributed by atoms with van der Waals surface area (Å²) in [4.78, 5) is 65.0. The minimum Gasteiger partial charge on any atom is -0.494 e. The molecule has 0 saturated carbocycles. The molecule has 1 aliphatic heterocycles. The number of hydrogen-bond donors (Lipinski definition) is 3. The first kappa shape index (κ1) is 48.0. The van der Waals surface area contributed by atoms with Crippen molar-refractivity contribution in [2.24, 2.45) is 5.73 Å². The van der Waals surface area contributed by atoms with Gasteiger partial charge in [0.25, 0.3) is 5.91 Å². The average molecular weight is 932 g/mol. The van der Waals surface area contributed by atoms with Gasteiger partial charge in [0.2, 0.25) is 11.8 Å². The van der Waals surface area contributed by atoms with Crippen molar-refractivity contribution >= 4 is 45.9 Å². The van der Waals surface area contributed by atoms with Crippen LogP contribution in [0.1, 0.15) is 90.6 Å². The number of amides is 3. The van der Waals surface area contributed by atoms with Gasteiger partial charge in [0, 0.05) is 21.9 Å². The van der Waals surface area contributed by atoms with Gasteiger partial charge in [-0.3, -0.25) is 4.79 Å². The van der Waals surface area contributed by atoms with Gasteiger partial charge in [-0.15, -0.1) is 0 Å². The van der Waals surface area contributed by atoms with Crippen molar-refractivity contribution in [1.29, 1.82) is 0 Å². The van der Waals surface area contributed by atoms with Crippen LogP contribution in [0.25, 0.3) is 44.7 Å². The molecule has 350 valence electrons. The number of methoxy groups -OCH3 is 2. The van der Waals surface area contributed by atoms with E-state index in [0.29, 0.717) is 0 Å². The first-order chi connectivity index (χ1) is 30.8. The molecule has 2 aromatic carbocycles. The molecule has 3 amide bonds. The Balaban J connectivity index is 0.000000219. The van der Waals surface area contributed by atoms with Crippen molar-refractivity contribution in [3.8, 4) is 34.4 Å². The number of ether oxygens (including phenoxy) is 4. The number of carbonyl (C=O) groups excluding carboxylic acids is 3. The molecule has 0 radical (unpaired) electrons. The van der Waals surface area contributed by atoms with Crippen LogP contribution in [-0.2, 0) is 21.8 Å². The van der Waals surface area contributed by atoms with Gasteiger partial charge in [0.15, 0.2) is 22.9 Å². The van der Waals surface area contributed by atoms with Crippen molar-refractivity contribution < 1.29 is 78.4 Å². The fourth-order valence-corrected chi connectivity index (χ4v) is 6.46. The standard InChI is InChI=1S/C22H22F3N3O6.C20H17F3N4O5/c1-10(26-20(31)34-21(2,3)4)17-16(19(29)30)28-18(33-17)12-6-8-13(32-5)15-11(12)7-9-14(27-15)22(23,24)25;1-9(24)16-15(18(28)27-7-8-31-19(27)29)26-17(32-16)11-3-5-12(30-2)14-10(11)4-6-13(25-14)20(21,22)23/h6-10H,1-5H3,(H,26,31)(H,29,30);3-6,9H,7-8,24H2,1-2H3/t10-;9-/m00/s1. The number of alkyl halides is 6. The number of alkyl carbamates (subject to hydrolysis) is 1. The van der Waals surface area contributed by atoms with E-state index >= 15 is 0 Å². The number of carbonyl (C=O) groups is 4. The first-order valence-corrected chi connectivity index (χ1v) is 19.4. The van der Waals surface area contributed by atoms with Crippen LogP contribution in [0.3, 0.4) is 0 Å². The fraction of sp³-hybridized carbons (Fsp3) is 0.333. The van der Waals surface area contributed by atoms with E-state index in [1.165, 1.54) is 57.5 Å². The third-order valence-corrected chi connectivity index (χ3v) is 9.38. The van der Waals surface area contributed by atoms with Crippen LogP contribution in [0.5, 0.6) is 11.5 Å². The molecule has 0 bridgehead atoms. The lowest BCUT2D eigenvalue weighted by Crippen LogP contribution is -2.34. The third-order valence-electron chi connectivity index (χ3n) is 9.38. The van der Waals surface area contributed by atoms with Gasteiger partial charge in [-0.2, -0.15) is 26.3 Å². The van der Waals surface area contributed by atoms with E-state index in [4.69, 9.17) is 33.5 Å². The van der Waals surface area contributed by atoms with Crippen LogP contribution >= 0.6 is 0 Å². The summed E-state index contributed by atoms with van der Waals surface area (Å²) in [5, 5.41) is 12.5. The van der Waals surface area contributed by atoms with Gasteiger partial charge in [0.1, 0.15) is 46.1 Å². The number of oxazole rings is 2. The molecule has 7 rings (SSSR count). The smallest absolute Gasteiger partial charge is 0.433 e. The van der Waals surface area contributed by atoms with E-state index in [-0.39, 0.29) is 86.6 Å². The lowest BCUT2D eigenvalue weighted by Gasteiger charge is -2.21. The van der Waals surface area contributed by atoms with Crippen molar-refractivity contribution in [1.82, 2.24) is 30.2 Å². The molecule has 4 aromatic heterocycles. The van der Waals surface area contributed by atoms with Crippen LogP contribution in [0.15, 0.2) is 57.4 Å². The highest BCUT2D eigenvalue weighted by Crippen LogP contribution is 2.40. The highest BCUT2D eigenvalue weighted by Gasteiger charge is 2.37. The van der Waals surface area contributed by atoms with E-state index < -0.39 is 71.2 Å². The second kappa shape index (κ2) is 18.2. The van der Waals surface area contributed by atoms with E-state index in [0.717, 1.165) is 17.0 Å². The number of rotatable bonds is 9. The number of nitrogens with one attached hydrogen (secondary N) is 1. The van der Waals surface area contributed by atoms with Gasteiger partial charge < -0.3 is 43.9 Å². The molecule has 66 heavy (non-hydrogen) atoms. The number of hydrogen-bond acceptors (Lipinski definition) is 15. The van der Waals surface area contributed by atoms with Crippen LogP contribution in [0.4, 0.5) is 35.9 Å². The Bertz CT molecular complexity index is 2850. The number of benzene rings is 2. The highest BCUT2D eigenvalue weighted by atomic mass is 19.4. The Morgan fingerprint density at radius 2 is 1.24 bits per heavy atom. The first-order valence-electron chi connectivity index (χ1n) is 19.4. The number of carboxylic acid groups (broad SMARTS) is 1. The number of pyridine rings is 2. The molecule has 18 nitrogen and oxygen atoms in total. The van der Waals surface area contributed by atoms with E-state index in [1.54, 1.807) is 27.7 Å². The number of aromatic nitrogens is 4. The number of imide groups is 1. The number of nitrogens with two attached hydrogens (primary N) is 1. The van der Waals surface area contributed by atoms with Crippen molar-refractivity contribution in [2.75, 3.05) is 27.4 Å². The lowest BCUT2D eigenvalue weighted by molar-refractivity contribution is -0.141. The van der Waals surface area contributed by atoms with Crippen molar-refractivity contribution in [3.05, 3.63) is 82.8 Å². The molecule has 6 aromatic rings. The predicted octanol–water partition coefficient (Wildman–Crippen LogP) is 8.73. The molecular weight excluding hydrogens is 892 g/mol. The van der Waals surface area contributed by atoms with Crippen molar-refractivity contribution in [2.45, 2.75) is 64.7 Å². The minimum absolute atomic E-state index is 0.0218. The van der Waals surface area contributed by atoms with E-state index in [1.807, 2.05) is 0 Å². The fourth-order valence-electron chi connectivity index (χ4n) is 6.46. The third kappa shape index (κ3) is 10.1. The molecule has 1 fully saturated rings. The molecular formula is C42H39F6N7O11. The lowest BCUT2D eigenvalue weighted by atomic mass is 10.1. The van der Waals surface area contributed by atoms with Gasteiger partial charge in [-0.1, -0.05) is 0 Å². The second-order valence-electron chi connectivity index (χ2n) is 15.3. The van der Waals surface area contributed by atoms with Crippen LogP contribution in [0.2, 0.25) is 0 Å². The van der Waals surface area contributed by atoms with Gasteiger partial charge in [-0.05, 0) is 83.1 Å². The summed E-state index contributed by atoms with van der Waals surface area (Å²) in [7, 11) is 2.59. The Labute approximate surface area is 369 Å². The zero-order valence-electron chi connectivity index (χ0n) is 35.8. The average Bonchev–Trinajstić information content (AvgIpc) is 4.00. The van der Waals surface area contributed by atoms with Gasteiger partial charge >= 0.3 is 30.5 Å². The number of cyclic esters (lactones) is 1. The molecule has 24 heteroatoms. The Hall–Kier alpha value is -7.50. The maximum absolute atomic E-state index is 13.2. The van der Waals surface area contributed by atoms with E-state index in [9.17, 15) is 50.6 Å². The zero-order valence-corrected chi connectivity index (χ0v) is 35.8. The highest BCUT2D eigenvalue weighted by molar-refractivity contribution is 6.04. The number of aromatic carboxylic acids is 1. The summed E-state index contributed by atoms with van der Waals surface area (Å²) < 4.78 is 111. The molecule has 5 heterocycles. The van der Waals surface area contributed by atoms with Crippen LogP contribution in [-0.4, -0.2) is 87.0 Å². The predicted molar refractivity (Wildman–Crippen MR) is 217 cm³/mol. The molecule has 1 aliphatic rings. The monoisotopic (exact) mass is 931 g/mol. The van der Waals surface area contributed by atoms with Gasteiger partial charge in [-0.25, -0.2) is 39.2 Å². The molecule has 2 atom stereocenters. The Morgan fingerprint density at radius 3 is 1.65 bits per heavy atom. The number of fused-ring (bicyclic) bond motifs is 2. The largest absolute Gasteiger partial charge is 0.494 e. The number of nitrogens with zero attached hydrogens (tertiary/aromatic N) is 5. The Morgan fingerprint density at radius 1 is 0.758 bits per heavy atom. The molecule has 1 saturated heterocycles. The minimum atomic E-state index is -4.68. The number of halogens is 6. The van der Waals surface area contributed by atoms with Gasteiger partial charge in [0.05, 0.1) is 32.8 Å². The summed E-state index contributed by atoms with van der Waals surface area (Å²) in [5.74, 6) is -2.36.